The van der Waals surface area contributed by atoms with E-state index >= 15 is 0 Å². The van der Waals surface area contributed by atoms with Crippen molar-refractivity contribution >= 4 is 13.5 Å². The molecule has 0 saturated carbocycles. The summed E-state index contributed by atoms with van der Waals surface area (Å²) in [6.45, 7) is 2.14. The maximum Gasteiger partial charge on any atom is 0.187 e. The number of hydrogen-bond acceptors (Lipinski definition) is 1. The standard InChI is InChI=1S/C6H13BO/c1-2-3-4-5-6(7)8/h2-5,7H2,1H3. The van der Waals surface area contributed by atoms with Crippen LogP contribution in [-0.4, -0.2) is 13.5 Å². The maximum atomic E-state index is 10.3. The molecule has 0 rings (SSSR count). The van der Waals surface area contributed by atoms with Crippen LogP contribution in [0.5, 0.6) is 0 Å². The van der Waals surface area contributed by atoms with Gasteiger partial charge in [0, 0.05) is 0 Å². The van der Waals surface area contributed by atoms with Crippen LogP contribution >= 0.6 is 0 Å². The van der Waals surface area contributed by atoms with Crippen LogP contribution in [0.1, 0.15) is 32.6 Å². The van der Waals surface area contributed by atoms with Crippen LogP contribution in [0.2, 0.25) is 0 Å². The van der Waals surface area contributed by atoms with Gasteiger partial charge in [-0.05, 0) is 12.8 Å². The molecule has 0 unspecified atom stereocenters. The predicted octanol–water partition coefficient (Wildman–Crippen LogP) is 0.726. The first-order chi connectivity index (χ1) is 3.77. The summed E-state index contributed by atoms with van der Waals surface area (Å²) in [6, 6.07) is 0. The van der Waals surface area contributed by atoms with E-state index in [0.717, 1.165) is 12.8 Å². The zero-order valence-corrected chi connectivity index (χ0v) is 5.74. The van der Waals surface area contributed by atoms with Crippen molar-refractivity contribution in [3.05, 3.63) is 0 Å². The second-order valence-corrected chi connectivity index (χ2v) is 2.16. The fraction of sp³-hybridized carbons (Fsp3) is 0.833. The molecule has 0 aliphatic carbocycles. The molecule has 0 radical (unpaired) electrons. The van der Waals surface area contributed by atoms with Crippen LogP contribution in [0.4, 0.5) is 0 Å². The van der Waals surface area contributed by atoms with Gasteiger partial charge in [0.05, 0.1) is 5.68 Å². The Balaban J connectivity index is 2.82. The molecular weight excluding hydrogens is 98.9 g/mol. The smallest absolute Gasteiger partial charge is 0.187 e. The lowest BCUT2D eigenvalue weighted by Crippen LogP contribution is -1.93. The summed E-state index contributed by atoms with van der Waals surface area (Å²) in [7, 11) is 1.65. The number of carbonyl (C=O) groups is 1. The molecule has 0 aromatic carbocycles. The summed E-state index contributed by atoms with van der Waals surface area (Å²) in [6.07, 6.45) is 4.24. The molecule has 0 atom stereocenters. The average molecular weight is 112 g/mol. The van der Waals surface area contributed by atoms with Crippen LogP contribution in [0, 0.1) is 0 Å². The van der Waals surface area contributed by atoms with E-state index < -0.39 is 0 Å². The van der Waals surface area contributed by atoms with E-state index in [2.05, 4.69) is 6.92 Å². The Morgan fingerprint density at radius 1 is 1.50 bits per heavy atom. The Labute approximate surface area is 51.9 Å². The van der Waals surface area contributed by atoms with Crippen molar-refractivity contribution in [1.82, 2.24) is 0 Å². The van der Waals surface area contributed by atoms with E-state index in [9.17, 15) is 4.79 Å². The van der Waals surface area contributed by atoms with Gasteiger partial charge in [-0.25, -0.2) is 0 Å². The highest BCUT2D eigenvalue weighted by atomic mass is 16.1. The van der Waals surface area contributed by atoms with Crippen molar-refractivity contribution in [3.63, 3.8) is 0 Å². The topological polar surface area (TPSA) is 17.1 Å². The third kappa shape index (κ3) is 5.73. The highest BCUT2D eigenvalue weighted by Crippen LogP contribution is 1.97. The lowest BCUT2D eigenvalue weighted by atomic mass is 9.97. The molecular formula is C6H13BO. The Hall–Kier alpha value is -0.265. The molecule has 46 valence electrons. The molecule has 0 amide bonds. The van der Waals surface area contributed by atoms with Gasteiger partial charge in [0.15, 0.2) is 7.85 Å². The summed E-state index contributed by atoms with van der Waals surface area (Å²) >= 11 is 0. The molecule has 0 aromatic heterocycles. The van der Waals surface area contributed by atoms with Crippen molar-refractivity contribution in [2.75, 3.05) is 0 Å². The largest absolute Gasteiger partial charge is 0.312 e. The molecule has 0 bridgehead atoms. The van der Waals surface area contributed by atoms with E-state index in [4.69, 9.17) is 0 Å². The van der Waals surface area contributed by atoms with Gasteiger partial charge in [-0.2, -0.15) is 0 Å². The minimum absolute atomic E-state index is 0.318. The molecule has 2 heteroatoms. The first-order valence-corrected chi connectivity index (χ1v) is 3.26. The van der Waals surface area contributed by atoms with Crippen molar-refractivity contribution in [3.8, 4) is 0 Å². The second-order valence-electron chi connectivity index (χ2n) is 2.16. The van der Waals surface area contributed by atoms with Gasteiger partial charge in [0.2, 0.25) is 0 Å². The zero-order chi connectivity index (χ0) is 6.41. The van der Waals surface area contributed by atoms with E-state index in [-0.39, 0.29) is 0 Å². The monoisotopic (exact) mass is 112 g/mol. The van der Waals surface area contributed by atoms with Gasteiger partial charge >= 0.3 is 0 Å². The molecule has 0 N–H and O–H groups in total. The van der Waals surface area contributed by atoms with E-state index in [1.54, 1.807) is 7.85 Å². The lowest BCUT2D eigenvalue weighted by molar-refractivity contribution is -0.111. The average Bonchev–Trinajstić information content (AvgIpc) is 1.66. The maximum absolute atomic E-state index is 10.3. The quantitative estimate of drug-likeness (QED) is 0.387. The number of carbonyl (C=O) groups excluding carboxylic acids is 1. The van der Waals surface area contributed by atoms with Crippen LogP contribution < -0.4 is 0 Å². The minimum atomic E-state index is 0.318. The van der Waals surface area contributed by atoms with Crippen molar-refractivity contribution in [2.24, 2.45) is 0 Å². The third-order valence-corrected chi connectivity index (χ3v) is 1.13. The SMILES string of the molecule is BC(=O)CCCCC. The van der Waals surface area contributed by atoms with Crippen molar-refractivity contribution < 1.29 is 4.79 Å². The first-order valence-electron chi connectivity index (χ1n) is 3.26. The molecule has 0 aliphatic heterocycles. The van der Waals surface area contributed by atoms with Gasteiger partial charge in [-0.15, -0.1) is 0 Å². The summed E-state index contributed by atoms with van der Waals surface area (Å²) in [4.78, 5) is 10.3. The fourth-order valence-corrected chi connectivity index (χ4v) is 0.624. The summed E-state index contributed by atoms with van der Waals surface area (Å²) in [5, 5.41) is 0. The Kier molecular flexibility index (Phi) is 4.72. The number of hydrogen-bond donors (Lipinski definition) is 0. The van der Waals surface area contributed by atoms with Crippen LogP contribution in [-0.2, 0) is 4.79 Å². The molecule has 0 saturated heterocycles. The van der Waals surface area contributed by atoms with Crippen molar-refractivity contribution in [1.29, 1.82) is 0 Å². The Morgan fingerprint density at radius 3 is 2.50 bits per heavy atom. The van der Waals surface area contributed by atoms with Crippen LogP contribution in [0.15, 0.2) is 0 Å². The summed E-state index contributed by atoms with van der Waals surface area (Å²) in [5.41, 5.74) is 0.318. The number of rotatable bonds is 4. The minimum Gasteiger partial charge on any atom is -0.312 e. The third-order valence-electron chi connectivity index (χ3n) is 1.13. The predicted molar refractivity (Wildman–Crippen MR) is 37.7 cm³/mol. The Morgan fingerprint density at radius 2 is 2.12 bits per heavy atom. The van der Waals surface area contributed by atoms with E-state index in [0.29, 0.717) is 5.68 Å². The molecule has 0 fully saturated rings. The molecule has 1 nitrogen and oxygen atoms in total. The normalized spacial score (nSPS) is 9.12. The Bertz CT molecular complexity index is 70.9. The van der Waals surface area contributed by atoms with Gasteiger partial charge in [-0.1, -0.05) is 19.8 Å². The highest BCUT2D eigenvalue weighted by molar-refractivity contribution is 6.57. The van der Waals surface area contributed by atoms with Crippen molar-refractivity contribution in [2.45, 2.75) is 32.6 Å². The summed E-state index contributed by atoms with van der Waals surface area (Å²) in [5.74, 6) is 0. The molecule has 0 spiro atoms. The summed E-state index contributed by atoms with van der Waals surface area (Å²) < 4.78 is 0. The van der Waals surface area contributed by atoms with Crippen LogP contribution in [0.3, 0.4) is 0 Å². The zero-order valence-electron chi connectivity index (χ0n) is 5.74. The van der Waals surface area contributed by atoms with Gasteiger partial charge in [-0.3, -0.25) is 0 Å². The molecule has 0 heterocycles. The van der Waals surface area contributed by atoms with E-state index in [1.165, 1.54) is 12.8 Å². The molecule has 0 aliphatic rings. The van der Waals surface area contributed by atoms with Gasteiger partial charge in [0.25, 0.3) is 0 Å². The van der Waals surface area contributed by atoms with Gasteiger partial charge in [0.1, 0.15) is 0 Å². The lowest BCUT2D eigenvalue weighted by Gasteiger charge is -1.90. The molecule has 8 heavy (non-hydrogen) atoms. The highest BCUT2D eigenvalue weighted by Gasteiger charge is 1.89. The van der Waals surface area contributed by atoms with E-state index in [1.807, 2.05) is 0 Å². The first kappa shape index (κ1) is 7.73. The fourth-order valence-electron chi connectivity index (χ4n) is 0.624. The number of unbranched alkanes of at least 4 members (excludes halogenated alkanes) is 2. The molecule has 0 aromatic rings. The van der Waals surface area contributed by atoms with Gasteiger partial charge < -0.3 is 4.79 Å². The van der Waals surface area contributed by atoms with Crippen LogP contribution in [0.25, 0.3) is 0 Å². The second kappa shape index (κ2) is 4.88.